The zero-order chi connectivity index (χ0) is 13.9. The lowest BCUT2D eigenvalue weighted by Gasteiger charge is -2.29. The molecule has 1 aliphatic rings. The van der Waals surface area contributed by atoms with Gasteiger partial charge in [-0.3, -0.25) is 4.90 Å². The smallest absolute Gasteiger partial charge is 0.106 e. The van der Waals surface area contributed by atoms with Crippen LogP contribution in [0.25, 0.3) is 0 Å². The second-order valence-corrected chi connectivity index (χ2v) is 7.65. The van der Waals surface area contributed by atoms with E-state index in [4.69, 9.17) is 5.73 Å². The normalized spacial score (nSPS) is 22.4. The molecule has 1 fully saturated rings. The molecule has 4 heteroatoms. The van der Waals surface area contributed by atoms with Gasteiger partial charge in [-0.2, -0.15) is 0 Å². The van der Waals surface area contributed by atoms with Crippen molar-refractivity contribution in [2.45, 2.75) is 53.1 Å². The number of nitrogens with zero attached hydrogens (tertiary/aromatic N) is 2. The van der Waals surface area contributed by atoms with Gasteiger partial charge in [0.15, 0.2) is 0 Å². The summed E-state index contributed by atoms with van der Waals surface area (Å²) >= 11 is 1.69. The predicted molar refractivity (Wildman–Crippen MR) is 82.1 cm³/mol. The molecule has 1 aromatic heterocycles. The Balaban J connectivity index is 1.89. The van der Waals surface area contributed by atoms with Gasteiger partial charge in [0.05, 0.1) is 5.69 Å². The molecular formula is C15H27N3S. The predicted octanol–water partition coefficient (Wildman–Crippen LogP) is 3.25. The molecular weight excluding hydrogens is 254 g/mol. The van der Waals surface area contributed by atoms with Gasteiger partial charge in [-0.15, -0.1) is 11.3 Å². The fraction of sp³-hybridized carbons (Fsp3) is 0.800. The van der Waals surface area contributed by atoms with E-state index >= 15 is 0 Å². The second-order valence-electron chi connectivity index (χ2n) is 6.71. The highest BCUT2D eigenvalue weighted by atomic mass is 32.1. The average molecular weight is 281 g/mol. The third kappa shape index (κ3) is 4.26. The van der Waals surface area contributed by atoms with Crippen LogP contribution in [-0.2, 0) is 13.1 Å². The molecule has 0 aromatic carbocycles. The van der Waals surface area contributed by atoms with Gasteiger partial charge in [0, 0.05) is 18.5 Å². The third-order valence-corrected chi connectivity index (χ3v) is 5.12. The molecule has 0 spiro atoms. The molecule has 0 amide bonds. The summed E-state index contributed by atoms with van der Waals surface area (Å²) in [6.07, 6.45) is 4.00. The number of thiazole rings is 1. The molecule has 1 aromatic rings. The highest BCUT2D eigenvalue weighted by molar-refractivity contribution is 7.09. The fourth-order valence-electron chi connectivity index (χ4n) is 2.92. The Kier molecular flexibility index (Phi) is 4.98. The van der Waals surface area contributed by atoms with E-state index in [-0.39, 0.29) is 0 Å². The summed E-state index contributed by atoms with van der Waals surface area (Å²) in [6.45, 7) is 11.1. The Morgan fingerprint density at radius 2 is 2.16 bits per heavy atom. The molecule has 2 rings (SSSR count). The monoisotopic (exact) mass is 281 g/mol. The van der Waals surface area contributed by atoms with Gasteiger partial charge in [0.25, 0.3) is 0 Å². The quantitative estimate of drug-likeness (QED) is 0.924. The Morgan fingerprint density at radius 3 is 2.79 bits per heavy atom. The Hall–Kier alpha value is -0.450. The van der Waals surface area contributed by atoms with Crippen molar-refractivity contribution in [1.29, 1.82) is 0 Å². The van der Waals surface area contributed by atoms with Crippen molar-refractivity contribution in [2.75, 3.05) is 13.1 Å². The SMILES string of the molecule is CC(C)(C)C1CCCN(Cc2csc(CN)n2)CC1. The summed E-state index contributed by atoms with van der Waals surface area (Å²) in [4.78, 5) is 7.13. The Bertz CT molecular complexity index is 394. The molecule has 2 heterocycles. The first kappa shape index (κ1) is 14.9. The first-order valence-corrected chi connectivity index (χ1v) is 8.22. The van der Waals surface area contributed by atoms with Crippen LogP contribution in [0.15, 0.2) is 5.38 Å². The van der Waals surface area contributed by atoms with Crippen molar-refractivity contribution in [1.82, 2.24) is 9.88 Å². The molecule has 0 aliphatic carbocycles. The van der Waals surface area contributed by atoms with E-state index in [2.05, 4.69) is 36.0 Å². The van der Waals surface area contributed by atoms with Crippen LogP contribution in [0.3, 0.4) is 0 Å². The zero-order valence-corrected chi connectivity index (χ0v) is 13.3. The van der Waals surface area contributed by atoms with Crippen LogP contribution >= 0.6 is 11.3 Å². The maximum Gasteiger partial charge on any atom is 0.106 e. The largest absolute Gasteiger partial charge is 0.325 e. The minimum Gasteiger partial charge on any atom is -0.325 e. The number of nitrogens with two attached hydrogens (primary N) is 1. The van der Waals surface area contributed by atoms with Gasteiger partial charge in [-0.25, -0.2) is 4.98 Å². The van der Waals surface area contributed by atoms with Gasteiger partial charge < -0.3 is 5.73 Å². The molecule has 108 valence electrons. The highest BCUT2D eigenvalue weighted by Crippen LogP contribution is 2.34. The van der Waals surface area contributed by atoms with Crippen LogP contribution in [0.2, 0.25) is 0 Å². The summed E-state index contributed by atoms with van der Waals surface area (Å²) in [5.74, 6) is 0.854. The maximum atomic E-state index is 5.62. The van der Waals surface area contributed by atoms with Crippen molar-refractivity contribution in [3.63, 3.8) is 0 Å². The lowest BCUT2D eigenvalue weighted by molar-refractivity contribution is 0.206. The van der Waals surface area contributed by atoms with Gasteiger partial charge in [-0.1, -0.05) is 20.8 Å². The minimum atomic E-state index is 0.448. The Labute approximate surface area is 121 Å². The standard InChI is InChI=1S/C15H27N3S/c1-15(2,3)12-5-4-7-18(8-6-12)10-13-11-19-14(9-16)17-13/h11-12H,4-10,16H2,1-3H3. The highest BCUT2D eigenvalue weighted by Gasteiger charge is 2.27. The number of hydrogen-bond donors (Lipinski definition) is 1. The molecule has 1 saturated heterocycles. The van der Waals surface area contributed by atoms with E-state index in [0.29, 0.717) is 12.0 Å². The first-order chi connectivity index (χ1) is 8.99. The molecule has 3 nitrogen and oxygen atoms in total. The van der Waals surface area contributed by atoms with Crippen molar-refractivity contribution in [3.8, 4) is 0 Å². The third-order valence-electron chi connectivity index (χ3n) is 4.20. The van der Waals surface area contributed by atoms with Gasteiger partial charge in [-0.05, 0) is 43.7 Å². The molecule has 1 aliphatic heterocycles. The molecule has 1 atom stereocenters. The lowest BCUT2D eigenvalue weighted by Crippen LogP contribution is -2.26. The fourth-order valence-corrected chi connectivity index (χ4v) is 3.59. The van der Waals surface area contributed by atoms with E-state index in [9.17, 15) is 0 Å². The van der Waals surface area contributed by atoms with Crippen molar-refractivity contribution in [3.05, 3.63) is 16.1 Å². The molecule has 2 N–H and O–H groups in total. The van der Waals surface area contributed by atoms with E-state index in [1.807, 2.05) is 0 Å². The van der Waals surface area contributed by atoms with E-state index in [1.165, 1.54) is 38.0 Å². The lowest BCUT2D eigenvalue weighted by atomic mass is 9.77. The first-order valence-electron chi connectivity index (χ1n) is 7.34. The summed E-state index contributed by atoms with van der Waals surface area (Å²) in [5, 5.41) is 3.21. The number of aromatic nitrogens is 1. The summed E-state index contributed by atoms with van der Waals surface area (Å²) in [6, 6.07) is 0. The summed E-state index contributed by atoms with van der Waals surface area (Å²) in [5.41, 5.74) is 7.26. The van der Waals surface area contributed by atoms with Crippen LogP contribution < -0.4 is 5.73 Å². The topological polar surface area (TPSA) is 42.1 Å². The maximum absolute atomic E-state index is 5.62. The molecule has 0 saturated carbocycles. The number of likely N-dealkylation sites (tertiary alicyclic amines) is 1. The second kappa shape index (κ2) is 6.33. The zero-order valence-electron chi connectivity index (χ0n) is 12.5. The van der Waals surface area contributed by atoms with Gasteiger partial charge in [0.2, 0.25) is 0 Å². The molecule has 0 bridgehead atoms. The van der Waals surface area contributed by atoms with Crippen LogP contribution in [0.4, 0.5) is 0 Å². The Morgan fingerprint density at radius 1 is 1.37 bits per heavy atom. The average Bonchev–Trinajstić information content (AvgIpc) is 2.65. The number of hydrogen-bond acceptors (Lipinski definition) is 4. The van der Waals surface area contributed by atoms with E-state index in [1.54, 1.807) is 11.3 Å². The molecule has 19 heavy (non-hydrogen) atoms. The minimum absolute atomic E-state index is 0.448. The number of rotatable bonds is 3. The van der Waals surface area contributed by atoms with Crippen LogP contribution in [0, 0.1) is 11.3 Å². The molecule has 1 unspecified atom stereocenters. The van der Waals surface area contributed by atoms with E-state index < -0.39 is 0 Å². The van der Waals surface area contributed by atoms with E-state index in [0.717, 1.165) is 17.5 Å². The molecule has 0 radical (unpaired) electrons. The van der Waals surface area contributed by atoms with Crippen LogP contribution in [-0.4, -0.2) is 23.0 Å². The van der Waals surface area contributed by atoms with Crippen molar-refractivity contribution >= 4 is 11.3 Å². The summed E-state index contributed by atoms with van der Waals surface area (Å²) in [7, 11) is 0. The van der Waals surface area contributed by atoms with Crippen molar-refractivity contribution < 1.29 is 0 Å². The van der Waals surface area contributed by atoms with Crippen LogP contribution in [0.1, 0.15) is 50.7 Å². The summed E-state index contributed by atoms with van der Waals surface area (Å²) < 4.78 is 0. The van der Waals surface area contributed by atoms with Gasteiger partial charge >= 0.3 is 0 Å². The van der Waals surface area contributed by atoms with Crippen molar-refractivity contribution in [2.24, 2.45) is 17.1 Å². The van der Waals surface area contributed by atoms with Gasteiger partial charge in [0.1, 0.15) is 5.01 Å². The van der Waals surface area contributed by atoms with Crippen LogP contribution in [0.5, 0.6) is 0 Å².